The first-order valence-corrected chi connectivity index (χ1v) is 11.5. The molecule has 0 amide bonds. The van der Waals surface area contributed by atoms with Gasteiger partial charge in [0.05, 0.1) is 24.1 Å². The second-order valence-electron chi connectivity index (χ2n) is 11.2. The van der Waals surface area contributed by atoms with Crippen LogP contribution in [-0.4, -0.2) is 44.8 Å². The fourth-order valence-electron chi connectivity index (χ4n) is 8.81. The van der Waals surface area contributed by atoms with E-state index in [4.69, 9.17) is 9.15 Å². The lowest BCUT2D eigenvalue weighted by Crippen LogP contribution is -2.65. The first-order chi connectivity index (χ1) is 14.2. The van der Waals surface area contributed by atoms with Crippen LogP contribution < -0.4 is 5.63 Å². The van der Waals surface area contributed by atoms with Gasteiger partial charge in [0, 0.05) is 23.8 Å². The van der Waals surface area contributed by atoms with Crippen LogP contribution in [0.1, 0.15) is 70.3 Å². The molecule has 1 saturated heterocycles. The maximum atomic E-state index is 11.6. The van der Waals surface area contributed by atoms with Crippen molar-refractivity contribution in [3.05, 3.63) is 34.4 Å². The van der Waals surface area contributed by atoms with E-state index in [9.17, 15) is 20.1 Å². The van der Waals surface area contributed by atoms with Crippen LogP contribution in [-0.2, 0) is 4.74 Å². The summed E-state index contributed by atoms with van der Waals surface area (Å²) in [6.45, 7) is 4.46. The van der Waals surface area contributed by atoms with Crippen LogP contribution in [0, 0.1) is 22.7 Å². The highest BCUT2D eigenvalue weighted by Crippen LogP contribution is 2.78. The van der Waals surface area contributed by atoms with Gasteiger partial charge in [-0.3, -0.25) is 0 Å². The van der Waals surface area contributed by atoms with Crippen molar-refractivity contribution in [3.8, 4) is 0 Å². The van der Waals surface area contributed by atoms with E-state index < -0.39 is 17.8 Å². The van der Waals surface area contributed by atoms with Crippen LogP contribution in [0.25, 0.3) is 0 Å². The first-order valence-electron chi connectivity index (χ1n) is 11.5. The molecule has 0 radical (unpaired) electrons. The molecule has 1 spiro atoms. The Bertz CT molecular complexity index is 923. The van der Waals surface area contributed by atoms with Crippen molar-refractivity contribution in [2.24, 2.45) is 22.7 Å². The summed E-state index contributed by atoms with van der Waals surface area (Å²) in [5, 5.41) is 33.1. The number of aliphatic hydroxyl groups excluding tert-OH is 2. The summed E-state index contributed by atoms with van der Waals surface area (Å²) in [5.41, 5.74) is -1.17. The Morgan fingerprint density at radius 3 is 2.47 bits per heavy atom. The molecule has 6 rings (SSSR count). The molecule has 4 unspecified atom stereocenters. The number of ether oxygens (including phenoxy) is 1. The zero-order valence-electron chi connectivity index (χ0n) is 17.7. The van der Waals surface area contributed by atoms with Crippen LogP contribution in [0.5, 0.6) is 0 Å². The molecule has 0 aromatic carbocycles. The van der Waals surface area contributed by atoms with Gasteiger partial charge in [-0.15, -0.1) is 0 Å². The van der Waals surface area contributed by atoms with Gasteiger partial charge in [0.15, 0.2) is 0 Å². The molecule has 1 aromatic rings. The zero-order chi connectivity index (χ0) is 21.1. The summed E-state index contributed by atoms with van der Waals surface area (Å²) < 4.78 is 11.6. The van der Waals surface area contributed by atoms with Crippen molar-refractivity contribution in [1.29, 1.82) is 0 Å². The molecular weight excluding hydrogens is 384 g/mol. The van der Waals surface area contributed by atoms with Gasteiger partial charge >= 0.3 is 5.63 Å². The van der Waals surface area contributed by atoms with E-state index in [0.717, 1.165) is 37.7 Å². The van der Waals surface area contributed by atoms with E-state index in [-0.39, 0.29) is 40.0 Å². The van der Waals surface area contributed by atoms with Crippen LogP contribution in [0.15, 0.2) is 27.6 Å². The molecule has 5 aliphatic rings. The van der Waals surface area contributed by atoms with Gasteiger partial charge in [0.1, 0.15) is 11.7 Å². The molecular formula is C24H32O6. The first kappa shape index (κ1) is 19.5. The third-order valence-electron chi connectivity index (χ3n) is 10.3. The lowest BCUT2D eigenvalue weighted by Gasteiger charge is -2.63. The average Bonchev–Trinajstić information content (AvgIpc) is 3.41. The van der Waals surface area contributed by atoms with E-state index in [2.05, 4.69) is 13.8 Å². The van der Waals surface area contributed by atoms with E-state index in [0.29, 0.717) is 18.8 Å². The Hall–Kier alpha value is -1.21. The number of hydrogen-bond acceptors (Lipinski definition) is 6. The van der Waals surface area contributed by atoms with Gasteiger partial charge in [-0.2, -0.15) is 0 Å². The summed E-state index contributed by atoms with van der Waals surface area (Å²) in [6.07, 6.45) is 5.74. The molecule has 5 fully saturated rings. The van der Waals surface area contributed by atoms with E-state index >= 15 is 0 Å². The molecule has 10 atom stereocenters. The fourth-order valence-corrected chi connectivity index (χ4v) is 8.81. The number of fused-ring (bicyclic) bond motifs is 3. The Kier molecular flexibility index (Phi) is 3.75. The average molecular weight is 417 g/mol. The molecule has 6 nitrogen and oxygen atoms in total. The predicted molar refractivity (Wildman–Crippen MR) is 108 cm³/mol. The second-order valence-corrected chi connectivity index (χ2v) is 11.2. The summed E-state index contributed by atoms with van der Waals surface area (Å²) in [6, 6.07) is 3.22. The summed E-state index contributed by atoms with van der Waals surface area (Å²) in [5.74, 6) is 0.488. The topological polar surface area (TPSA) is 103 Å². The molecule has 164 valence electrons. The van der Waals surface area contributed by atoms with Gasteiger partial charge < -0.3 is 24.5 Å². The van der Waals surface area contributed by atoms with Crippen LogP contribution in [0.4, 0.5) is 0 Å². The van der Waals surface area contributed by atoms with Crippen molar-refractivity contribution in [2.45, 2.75) is 94.2 Å². The molecule has 4 saturated carbocycles. The summed E-state index contributed by atoms with van der Waals surface area (Å²) in [7, 11) is 0. The maximum Gasteiger partial charge on any atom is 0.335 e. The summed E-state index contributed by atoms with van der Waals surface area (Å²) >= 11 is 0. The highest BCUT2D eigenvalue weighted by Gasteiger charge is 2.84. The largest absolute Gasteiger partial charge is 0.431 e. The molecule has 6 heteroatoms. The number of hydrogen-bond donors (Lipinski definition) is 3. The van der Waals surface area contributed by atoms with Crippen molar-refractivity contribution in [1.82, 2.24) is 0 Å². The molecule has 30 heavy (non-hydrogen) atoms. The van der Waals surface area contributed by atoms with Crippen LogP contribution in [0.3, 0.4) is 0 Å². The highest BCUT2D eigenvalue weighted by molar-refractivity contribution is 5.38. The Morgan fingerprint density at radius 2 is 1.73 bits per heavy atom. The lowest BCUT2D eigenvalue weighted by atomic mass is 9.42. The third kappa shape index (κ3) is 2.07. The van der Waals surface area contributed by atoms with Crippen molar-refractivity contribution >= 4 is 0 Å². The Labute approximate surface area is 176 Å². The van der Waals surface area contributed by atoms with Gasteiger partial charge in [0.25, 0.3) is 0 Å². The van der Waals surface area contributed by atoms with Crippen molar-refractivity contribution in [3.63, 3.8) is 0 Å². The van der Waals surface area contributed by atoms with Crippen molar-refractivity contribution in [2.75, 3.05) is 0 Å². The second kappa shape index (κ2) is 5.77. The number of rotatable bonds is 1. The zero-order valence-corrected chi connectivity index (χ0v) is 17.7. The molecule has 1 aliphatic heterocycles. The molecule has 2 heterocycles. The molecule has 0 bridgehead atoms. The van der Waals surface area contributed by atoms with Gasteiger partial charge in [-0.25, -0.2) is 4.79 Å². The predicted octanol–water partition coefficient (Wildman–Crippen LogP) is 2.34. The SMILES string of the molecule is C[C@@]12CC[C@@H]3[C@@H](CC[C@@]4(O)CC(O)CC[C@@]34C)[C@@]13OC3C(O)C2c1ccc(=O)oc1. The Morgan fingerprint density at radius 1 is 1.00 bits per heavy atom. The fraction of sp³-hybridized carbons (Fsp3) is 0.792. The maximum absolute atomic E-state index is 11.6. The normalized spacial score (nSPS) is 56.4. The lowest BCUT2D eigenvalue weighted by molar-refractivity contribution is -0.224. The standard InChI is InChI=1S/C24H32O6/c1-21-8-5-14(25)11-23(21,28)10-7-16-15(21)6-9-22(2)18(13-3-4-17(26)29-12-13)19(27)20-24(16,22)30-20/h3-4,12,14-16,18-20,25,27-28H,5-11H2,1-2H3/t14?,15-,16-,18?,19?,20?,21+,22+,23-,24+/m1/s1. The molecule has 1 aromatic heterocycles. The van der Waals surface area contributed by atoms with Gasteiger partial charge in [-0.1, -0.05) is 13.8 Å². The highest BCUT2D eigenvalue weighted by atomic mass is 16.6. The van der Waals surface area contributed by atoms with Gasteiger partial charge in [-0.05, 0) is 67.4 Å². The minimum Gasteiger partial charge on any atom is -0.431 e. The van der Waals surface area contributed by atoms with E-state index in [1.165, 1.54) is 12.3 Å². The van der Waals surface area contributed by atoms with E-state index in [1.807, 2.05) is 0 Å². The van der Waals surface area contributed by atoms with Crippen LogP contribution >= 0.6 is 0 Å². The number of aliphatic hydroxyl groups is 3. The minimum absolute atomic E-state index is 0.122. The van der Waals surface area contributed by atoms with Crippen molar-refractivity contribution < 1.29 is 24.5 Å². The Balaban J connectivity index is 1.40. The number of epoxide rings is 1. The minimum atomic E-state index is -0.819. The van der Waals surface area contributed by atoms with Gasteiger partial charge in [0.2, 0.25) is 0 Å². The molecule has 4 aliphatic carbocycles. The monoisotopic (exact) mass is 416 g/mol. The van der Waals surface area contributed by atoms with Crippen LogP contribution in [0.2, 0.25) is 0 Å². The smallest absolute Gasteiger partial charge is 0.335 e. The summed E-state index contributed by atoms with van der Waals surface area (Å²) in [4.78, 5) is 11.5. The molecule has 3 N–H and O–H groups in total. The quantitative estimate of drug-likeness (QED) is 0.607. The third-order valence-corrected chi connectivity index (χ3v) is 10.3. The van der Waals surface area contributed by atoms with E-state index in [1.54, 1.807) is 6.07 Å².